The maximum Gasteiger partial charge on any atom is 0.302 e. The van der Waals surface area contributed by atoms with Crippen molar-refractivity contribution in [3.8, 4) is 16.3 Å². The zero-order valence-corrected chi connectivity index (χ0v) is 13.1. The number of carbonyl (C=O) groups excluding carboxylic acids is 1. The number of fused-ring (bicyclic) bond motifs is 1. The van der Waals surface area contributed by atoms with Crippen LogP contribution in [0.2, 0.25) is 0 Å². The standard InChI is InChI=1S/C17H15NO3S/c1-10-7-12(9-21-11(2)19)16(20)13(8-10)17-18-14-5-3-4-6-15(14)22-17/h3-8,20H,9H2,1-2H3. The van der Waals surface area contributed by atoms with Gasteiger partial charge in [-0.15, -0.1) is 11.3 Å². The second-order valence-electron chi connectivity index (χ2n) is 5.09. The lowest BCUT2D eigenvalue weighted by Gasteiger charge is -2.10. The summed E-state index contributed by atoms with van der Waals surface area (Å²) in [5.41, 5.74) is 3.15. The van der Waals surface area contributed by atoms with Crippen LogP contribution in [0.15, 0.2) is 36.4 Å². The maximum absolute atomic E-state index is 11.0. The second kappa shape index (κ2) is 5.77. The normalized spacial score (nSPS) is 10.8. The summed E-state index contributed by atoms with van der Waals surface area (Å²) < 4.78 is 6.07. The molecule has 0 bridgehead atoms. The van der Waals surface area contributed by atoms with Gasteiger partial charge in [0, 0.05) is 12.5 Å². The fourth-order valence-electron chi connectivity index (χ4n) is 2.29. The highest BCUT2D eigenvalue weighted by Crippen LogP contribution is 2.38. The van der Waals surface area contributed by atoms with Crippen LogP contribution in [0.3, 0.4) is 0 Å². The number of esters is 1. The highest BCUT2D eigenvalue weighted by atomic mass is 32.1. The van der Waals surface area contributed by atoms with Gasteiger partial charge in [0.1, 0.15) is 17.4 Å². The lowest BCUT2D eigenvalue weighted by Crippen LogP contribution is -2.00. The first-order chi connectivity index (χ1) is 10.5. The minimum Gasteiger partial charge on any atom is -0.507 e. The molecular weight excluding hydrogens is 298 g/mol. The van der Waals surface area contributed by atoms with Crippen molar-refractivity contribution in [1.29, 1.82) is 0 Å². The van der Waals surface area contributed by atoms with Crippen molar-refractivity contribution < 1.29 is 14.6 Å². The Labute approximate surface area is 132 Å². The molecule has 3 aromatic rings. The van der Waals surface area contributed by atoms with Crippen molar-refractivity contribution in [2.24, 2.45) is 0 Å². The van der Waals surface area contributed by atoms with Gasteiger partial charge < -0.3 is 9.84 Å². The first-order valence-electron chi connectivity index (χ1n) is 6.86. The van der Waals surface area contributed by atoms with E-state index in [1.165, 1.54) is 18.3 Å². The third-order valence-corrected chi connectivity index (χ3v) is 4.36. The SMILES string of the molecule is CC(=O)OCc1cc(C)cc(-c2nc3ccccc3s2)c1O. The number of benzene rings is 2. The minimum absolute atomic E-state index is 0.0563. The number of nitrogens with zero attached hydrogens (tertiary/aromatic N) is 1. The molecule has 0 fully saturated rings. The molecule has 1 aromatic heterocycles. The van der Waals surface area contributed by atoms with E-state index in [2.05, 4.69) is 4.98 Å². The number of hydrogen-bond acceptors (Lipinski definition) is 5. The van der Waals surface area contributed by atoms with Gasteiger partial charge in [0.25, 0.3) is 0 Å². The number of ether oxygens (including phenoxy) is 1. The van der Waals surface area contributed by atoms with Gasteiger partial charge in [0.2, 0.25) is 0 Å². The number of thiazole rings is 1. The maximum atomic E-state index is 11.0. The van der Waals surface area contributed by atoms with E-state index in [9.17, 15) is 9.90 Å². The van der Waals surface area contributed by atoms with Crippen molar-refractivity contribution in [1.82, 2.24) is 4.98 Å². The molecule has 0 aliphatic rings. The summed E-state index contributed by atoms with van der Waals surface area (Å²) in [7, 11) is 0. The number of phenols is 1. The molecule has 22 heavy (non-hydrogen) atoms. The molecule has 112 valence electrons. The molecule has 0 amide bonds. The second-order valence-corrected chi connectivity index (χ2v) is 6.12. The van der Waals surface area contributed by atoms with Crippen LogP contribution in [-0.4, -0.2) is 16.1 Å². The van der Waals surface area contributed by atoms with Gasteiger partial charge >= 0.3 is 5.97 Å². The lowest BCUT2D eigenvalue weighted by molar-refractivity contribution is -0.142. The lowest BCUT2D eigenvalue weighted by atomic mass is 10.1. The number of aromatic hydroxyl groups is 1. The number of aryl methyl sites for hydroxylation is 1. The van der Waals surface area contributed by atoms with Crippen LogP contribution in [-0.2, 0) is 16.1 Å². The third kappa shape index (κ3) is 2.80. The summed E-state index contributed by atoms with van der Waals surface area (Å²) in [5.74, 6) is -0.256. The van der Waals surface area contributed by atoms with Crippen molar-refractivity contribution in [3.63, 3.8) is 0 Å². The fourth-order valence-corrected chi connectivity index (χ4v) is 3.28. The number of hydrogen-bond donors (Lipinski definition) is 1. The van der Waals surface area contributed by atoms with Crippen molar-refractivity contribution in [2.75, 3.05) is 0 Å². The van der Waals surface area contributed by atoms with E-state index in [-0.39, 0.29) is 18.3 Å². The van der Waals surface area contributed by atoms with E-state index in [0.29, 0.717) is 11.1 Å². The third-order valence-electron chi connectivity index (χ3n) is 3.29. The van der Waals surface area contributed by atoms with E-state index >= 15 is 0 Å². The van der Waals surface area contributed by atoms with Crippen LogP contribution >= 0.6 is 11.3 Å². The molecule has 1 N–H and O–H groups in total. The van der Waals surface area contributed by atoms with Gasteiger partial charge in [0.15, 0.2) is 0 Å². The molecule has 3 rings (SSSR count). The summed E-state index contributed by atoms with van der Waals surface area (Å²) in [4.78, 5) is 15.5. The predicted molar refractivity (Wildman–Crippen MR) is 86.9 cm³/mol. The quantitative estimate of drug-likeness (QED) is 0.741. The van der Waals surface area contributed by atoms with Gasteiger partial charge in [-0.1, -0.05) is 12.1 Å². The van der Waals surface area contributed by atoms with Gasteiger partial charge in [0.05, 0.1) is 15.8 Å². The smallest absolute Gasteiger partial charge is 0.302 e. The molecule has 0 unspecified atom stereocenters. The molecule has 0 atom stereocenters. The molecule has 0 aliphatic heterocycles. The number of phenolic OH excluding ortho intramolecular Hbond substituents is 1. The molecule has 0 saturated heterocycles. The summed E-state index contributed by atoms with van der Waals surface area (Å²) in [6.07, 6.45) is 0. The van der Waals surface area contributed by atoms with Gasteiger partial charge in [-0.2, -0.15) is 0 Å². The summed E-state index contributed by atoms with van der Waals surface area (Å²) in [6.45, 7) is 3.34. The fraction of sp³-hybridized carbons (Fsp3) is 0.176. The Bertz CT molecular complexity index is 821. The van der Waals surface area contributed by atoms with E-state index in [1.54, 1.807) is 0 Å². The topological polar surface area (TPSA) is 59.4 Å². The average molecular weight is 313 g/mol. The van der Waals surface area contributed by atoms with Crippen molar-refractivity contribution in [2.45, 2.75) is 20.5 Å². The van der Waals surface area contributed by atoms with E-state index < -0.39 is 0 Å². The summed E-state index contributed by atoms with van der Waals surface area (Å²) in [5, 5.41) is 11.2. The predicted octanol–water partition coefficient (Wildman–Crippen LogP) is 4.04. The average Bonchev–Trinajstić information content (AvgIpc) is 2.91. The molecule has 0 spiro atoms. The molecule has 0 aliphatic carbocycles. The Hall–Kier alpha value is -2.40. The molecule has 0 saturated carbocycles. The van der Waals surface area contributed by atoms with Crippen LogP contribution in [0.25, 0.3) is 20.8 Å². The molecule has 4 nitrogen and oxygen atoms in total. The van der Waals surface area contributed by atoms with E-state index in [1.807, 2.05) is 43.3 Å². The van der Waals surface area contributed by atoms with Crippen LogP contribution in [0.5, 0.6) is 5.75 Å². The van der Waals surface area contributed by atoms with Gasteiger partial charge in [-0.3, -0.25) is 4.79 Å². The van der Waals surface area contributed by atoms with Gasteiger partial charge in [-0.25, -0.2) is 4.98 Å². The number of carbonyl (C=O) groups is 1. The highest BCUT2D eigenvalue weighted by molar-refractivity contribution is 7.21. The first-order valence-corrected chi connectivity index (χ1v) is 7.68. The van der Waals surface area contributed by atoms with Crippen molar-refractivity contribution in [3.05, 3.63) is 47.5 Å². The Balaban J connectivity index is 2.07. The molecule has 5 heteroatoms. The Morgan fingerprint density at radius 2 is 2.09 bits per heavy atom. The first kappa shape index (κ1) is 14.5. The molecule has 1 heterocycles. The monoisotopic (exact) mass is 313 g/mol. The Kier molecular flexibility index (Phi) is 3.81. The van der Waals surface area contributed by atoms with Crippen molar-refractivity contribution >= 4 is 27.5 Å². The largest absolute Gasteiger partial charge is 0.507 e. The van der Waals surface area contributed by atoms with Crippen LogP contribution < -0.4 is 0 Å². The van der Waals surface area contributed by atoms with Crippen LogP contribution in [0.1, 0.15) is 18.1 Å². The van der Waals surface area contributed by atoms with Crippen LogP contribution in [0, 0.1) is 6.92 Å². The zero-order chi connectivity index (χ0) is 15.7. The zero-order valence-electron chi connectivity index (χ0n) is 12.3. The highest BCUT2D eigenvalue weighted by Gasteiger charge is 2.15. The molecular formula is C17H15NO3S. The summed E-state index contributed by atoms with van der Waals surface area (Å²) >= 11 is 1.53. The number of rotatable bonds is 3. The molecule has 0 radical (unpaired) electrons. The number of para-hydroxylation sites is 1. The van der Waals surface area contributed by atoms with Gasteiger partial charge in [-0.05, 0) is 36.8 Å². The van der Waals surface area contributed by atoms with E-state index in [4.69, 9.17) is 4.74 Å². The Morgan fingerprint density at radius 3 is 2.82 bits per heavy atom. The van der Waals surface area contributed by atoms with E-state index in [0.717, 1.165) is 20.8 Å². The molecule has 2 aromatic carbocycles. The summed E-state index contributed by atoms with van der Waals surface area (Å²) in [6, 6.07) is 11.6. The minimum atomic E-state index is -0.373. The Morgan fingerprint density at radius 1 is 1.32 bits per heavy atom. The number of aromatic nitrogens is 1. The van der Waals surface area contributed by atoms with Crippen LogP contribution in [0.4, 0.5) is 0 Å².